The summed E-state index contributed by atoms with van der Waals surface area (Å²) in [4.78, 5) is 25.0. The van der Waals surface area contributed by atoms with Gasteiger partial charge in [-0.25, -0.2) is 4.79 Å². The summed E-state index contributed by atoms with van der Waals surface area (Å²) in [6, 6.07) is 5.94. The fourth-order valence-corrected chi connectivity index (χ4v) is 3.22. The van der Waals surface area contributed by atoms with Gasteiger partial charge in [0.25, 0.3) is 5.89 Å². The third-order valence-electron chi connectivity index (χ3n) is 4.53. The van der Waals surface area contributed by atoms with Crippen LogP contribution in [0.4, 0.5) is 4.79 Å². The molecule has 0 spiro atoms. The van der Waals surface area contributed by atoms with E-state index in [1.807, 2.05) is 6.07 Å². The van der Waals surface area contributed by atoms with Crippen LogP contribution in [0.3, 0.4) is 0 Å². The molecule has 2 amide bonds. The van der Waals surface area contributed by atoms with Gasteiger partial charge in [0, 0.05) is 19.7 Å². The number of ether oxygens (including phenoxy) is 2. The van der Waals surface area contributed by atoms with Crippen molar-refractivity contribution in [2.45, 2.75) is 18.5 Å². The first-order valence-electron chi connectivity index (χ1n) is 8.68. The number of carbonyl (C=O) groups excluding carboxylic acids is 1. The zero-order valence-corrected chi connectivity index (χ0v) is 15.8. The van der Waals surface area contributed by atoms with E-state index in [-0.39, 0.29) is 31.0 Å². The summed E-state index contributed by atoms with van der Waals surface area (Å²) in [7, 11) is 2.95. The Morgan fingerprint density at radius 2 is 2.21 bits per heavy atom. The highest BCUT2D eigenvalue weighted by molar-refractivity contribution is 5.90. The lowest BCUT2D eigenvalue weighted by Crippen LogP contribution is -2.39. The average molecular weight is 401 g/mol. The fourth-order valence-electron chi connectivity index (χ4n) is 3.22. The van der Waals surface area contributed by atoms with Crippen molar-refractivity contribution in [2.24, 2.45) is 0 Å². The molecule has 1 aliphatic heterocycles. The van der Waals surface area contributed by atoms with Gasteiger partial charge in [0.2, 0.25) is 0 Å². The molecule has 11 heteroatoms. The maximum Gasteiger partial charge on any atom is 0.407 e. The van der Waals surface area contributed by atoms with Crippen molar-refractivity contribution in [1.82, 2.24) is 20.4 Å². The molecule has 1 aromatic heterocycles. The van der Waals surface area contributed by atoms with E-state index in [1.165, 1.54) is 25.2 Å². The van der Waals surface area contributed by atoms with Crippen molar-refractivity contribution >= 4 is 12.0 Å². The number of carboxylic acid groups (broad SMARTS) is 1. The van der Waals surface area contributed by atoms with Crippen LogP contribution >= 0.6 is 0 Å². The van der Waals surface area contributed by atoms with Gasteiger partial charge in [-0.05, 0) is 24.6 Å². The van der Waals surface area contributed by atoms with Crippen molar-refractivity contribution in [3.63, 3.8) is 0 Å². The number of nitrogens with one attached hydrogen (secondary N) is 1. The molecular formula is C18H19N5O6. The van der Waals surface area contributed by atoms with E-state index in [0.29, 0.717) is 23.3 Å². The van der Waals surface area contributed by atoms with Crippen LogP contribution in [0.25, 0.3) is 11.5 Å². The molecule has 0 radical (unpaired) electrons. The molecule has 0 bridgehead atoms. The molecule has 3 rings (SSSR count). The number of nitrogens with zero attached hydrogens (tertiary/aromatic N) is 4. The summed E-state index contributed by atoms with van der Waals surface area (Å²) >= 11 is 0. The minimum atomic E-state index is -1.08. The summed E-state index contributed by atoms with van der Waals surface area (Å²) in [5.41, 5.74) is 0.755. The molecule has 11 nitrogen and oxygen atoms in total. The monoisotopic (exact) mass is 401 g/mol. The van der Waals surface area contributed by atoms with Gasteiger partial charge in [0.15, 0.2) is 0 Å². The van der Waals surface area contributed by atoms with Gasteiger partial charge >= 0.3 is 17.9 Å². The van der Waals surface area contributed by atoms with E-state index in [9.17, 15) is 14.7 Å². The van der Waals surface area contributed by atoms with Crippen LogP contribution in [-0.2, 0) is 4.74 Å². The minimum absolute atomic E-state index is 0.0277. The summed E-state index contributed by atoms with van der Waals surface area (Å²) in [6.07, 6.45) is -0.668. The van der Waals surface area contributed by atoms with Crippen LogP contribution in [-0.4, -0.2) is 71.7 Å². The molecule has 2 N–H and O–H groups in total. The quantitative estimate of drug-likeness (QED) is 0.725. The third kappa shape index (κ3) is 4.27. The predicted octanol–water partition coefficient (Wildman–Crippen LogP) is 1.11. The topological polar surface area (TPSA) is 151 Å². The van der Waals surface area contributed by atoms with Crippen molar-refractivity contribution in [3.8, 4) is 23.3 Å². The summed E-state index contributed by atoms with van der Waals surface area (Å²) in [5.74, 6) is -0.455. The number of benzene rings is 1. The maximum atomic E-state index is 12.5. The molecule has 1 saturated heterocycles. The van der Waals surface area contributed by atoms with E-state index in [1.54, 1.807) is 12.1 Å². The third-order valence-corrected chi connectivity index (χ3v) is 4.53. The maximum absolute atomic E-state index is 12.5. The summed E-state index contributed by atoms with van der Waals surface area (Å²) in [6.45, 7) is 0.368. The van der Waals surface area contributed by atoms with Crippen LogP contribution in [0.1, 0.15) is 22.7 Å². The lowest BCUT2D eigenvalue weighted by Gasteiger charge is -2.19. The second kappa shape index (κ2) is 8.57. The first-order chi connectivity index (χ1) is 14.0. The van der Waals surface area contributed by atoms with Crippen molar-refractivity contribution in [3.05, 3.63) is 29.7 Å². The molecule has 2 heterocycles. The lowest BCUT2D eigenvalue weighted by atomic mass is 10.1. The van der Waals surface area contributed by atoms with Crippen LogP contribution in [0.15, 0.2) is 22.6 Å². The van der Waals surface area contributed by atoms with E-state index in [4.69, 9.17) is 19.2 Å². The number of likely N-dealkylation sites (tertiary alicyclic amines) is 1. The van der Waals surface area contributed by atoms with Gasteiger partial charge in [-0.2, -0.15) is 5.26 Å². The molecule has 1 aromatic carbocycles. The van der Waals surface area contributed by atoms with E-state index < -0.39 is 18.0 Å². The normalized spacial score (nSPS) is 18.3. The molecule has 1 aliphatic rings. The number of methoxy groups -OCH3 is 2. The summed E-state index contributed by atoms with van der Waals surface area (Å²) in [5, 5.41) is 28.7. The number of amides is 2. The van der Waals surface area contributed by atoms with Crippen LogP contribution in [0.2, 0.25) is 0 Å². The zero-order valence-electron chi connectivity index (χ0n) is 15.8. The average Bonchev–Trinajstić information content (AvgIpc) is 3.35. The Balaban J connectivity index is 1.74. The Kier molecular flexibility index (Phi) is 5.94. The standard InChI is InChI=1S/C18H19N5O6/c1-27-9-12-6-11(8-23(12)18(25)26)20-15(24)17-22-21-16(29-17)13-5-10(7-19)3-4-14(13)28-2/h3-5,11-12H,6,8-9H2,1-2H3,(H,20,24)(H,25,26)/t11-,12+/m1/s1. The van der Waals surface area contributed by atoms with Crippen LogP contribution in [0.5, 0.6) is 5.75 Å². The van der Waals surface area contributed by atoms with E-state index >= 15 is 0 Å². The van der Waals surface area contributed by atoms with Crippen molar-refractivity contribution < 1.29 is 28.6 Å². The second-order valence-corrected chi connectivity index (χ2v) is 6.39. The largest absolute Gasteiger partial charge is 0.496 e. The second-order valence-electron chi connectivity index (χ2n) is 6.39. The molecule has 0 unspecified atom stereocenters. The molecule has 0 aliphatic carbocycles. The SMILES string of the molecule is COC[C@@H]1C[C@@H](NC(=O)c2nnc(-c3cc(C#N)ccc3OC)o2)CN1C(=O)O. The Bertz CT molecular complexity index is 952. The first-order valence-corrected chi connectivity index (χ1v) is 8.68. The van der Waals surface area contributed by atoms with E-state index in [2.05, 4.69) is 15.5 Å². The zero-order chi connectivity index (χ0) is 21.0. The Hall–Kier alpha value is -3.65. The smallest absolute Gasteiger partial charge is 0.407 e. The minimum Gasteiger partial charge on any atom is -0.496 e. The Labute approximate surface area is 165 Å². The number of carbonyl (C=O) groups is 2. The predicted molar refractivity (Wildman–Crippen MR) is 97.3 cm³/mol. The molecule has 29 heavy (non-hydrogen) atoms. The van der Waals surface area contributed by atoms with Crippen LogP contribution < -0.4 is 10.1 Å². The molecule has 1 fully saturated rings. The Morgan fingerprint density at radius 1 is 1.41 bits per heavy atom. The van der Waals surface area contributed by atoms with E-state index in [0.717, 1.165) is 0 Å². The van der Waals surface area contributed by atoms with Gasteiger partial charge < -0.3 is 29.2 Å². The molecule has 2 atom stereocenters. The number of nitriles is 1. The highest BCUT2D eigenvalue weighted by Crippen LogP contribution is 2.30. The summed E-state index contributed by atoms with van der Waals surface area (Å²) < 4.78 is 15.7. The fraction of sp³-hybridized carbons (Fsp3) is 0.389. The number of hydrogen-bond acceptors (Lipinski definition) is 8. The van der Waals surface area contributed by atoms with Gasteiger partial charge in [0.05, 0.1) is 37.0 Å². The highest BCUT2D eigenvalue weighted by atomic mass is 16.5. The Morgan fingerprint density at radius 3 is 2.86 bits per heavy atom. The molecule has 152 valence electrons. The van der Waals surface area contributed by atoms with Crippen LogP contribution in [0, 0.1) is 11.3 Å². The molecule has 0 saturated carbocycles. The molecular weight excluding hydrogens is 382 g/mol. The van der Waals surface area contributed by atoms with Gasteiger partial charge in [-0.3, -0.25) is 4.79 Å². The van der Waals surface area contributed by atoms with Gasteiger partial charge in [0.1, 0.15) is 5.75 Å². The number of rotatable bonds is 6. The highest BCUT2D eigenvalue weighted by Gasteiger charge is 2.36. The van der Waals surface area contributed by atoms with Crippen molar-refractivity contribution in [1.29, 1.82) is 5.26 Å². The number of aromatic nitrogens is 2. The number of hydrogen-bond donors (Lipinski definition) is 2. The lowest BCUT2D eigenvalue weighted by molar-refractivity contribution is 0.0900. The first kappa shape index (κ1) is 20.1. The molecule has 2 aromatic rings. The van der Waals surface area contributed by atoms with Crippen molar-refractivity contribution in [2.75, 3.05) is 27.4 Å². The van der Waals surface area contributed by atoms with Gasteiger partial charge in [-0.1, -0.05) is 0 Å². The van der Waals surface area contributed by atoms with Gasteiger partial charge in [-0.15, -0.1) is 10.2 Å².